The van der Waals surface area contributed by atoms with Crippen LogP contribution in [0.15, 0.2) is 54.7 Å². The molecule has 0 aliphatic carbocycles. The number of nitrogens with zero attached hydrogens (tertiary/aromatic N) is 2. The lowest BCUT2D eigenvalue weighted by Crippen LogP contribution is -1.92. The third-order valence-corrected chi connectivity index (χ3v) is 3.85. The molecule has 3 rings (SSSR count). The van der Waals surface area contributed by atoms with Crippen molar-refractivity contribution in [1.82, 2.24) is 10.2 Å². The number of aromatic nitrogens is 2. The molecule has 0 unspecified atom stereocenters. The lowest BCUT2D eigenvalue weighted by molar-refractivity contribution is 0.355. The Morgan fingerprint density at radius 2 is 1.84 bits per heavy atom. The molecule has 2 aromatic carbocycles. The molecule has 3 aromatic rings. The van der Waals surface area contributed by atoms with E-state index in [1.807, 2.05) is 42.5 Å². The van der Waals surface area contributed by atoms with Crippen molar-refractivity contribution < 1.29 is 9.47 Å². The second-order valence-electron chi connectivity index (χ2n) is 5.31. The molecule has 1 aromatic heterocycles. The monoisotopic (exact) mass is 331 g/mol. The molecule has 0 saturated heterocycles. The van der Waals surface area contributed by atoms with Crippen LogP contribution in [-0.4, -0.2) is 24.4 Å². The number of methoxy groups -OCH3 is 2. The van der Waals surface area contributed by atoms with Gasteiger partial charge in [0, 0.05) is 11.1 Å². The molecular formula is C20H17N3O2. The number of nitriles is 1. The van der Waals surface area contributed by atoms with Gasteiger partial charge in [-0.15, -0.1) is 0 Å². The summed E-state index contributed by atoms with van der Waals surface area (Å²) in [7, 11) is 3.15. The van der Waals surface area contributed by atoms with Crippen LogP contribution >= 0.6 is 0 Å². The maximum atomic E-state index is 9.61. The highest BCUT2D eigenvalue weighted by Crippen LogP contribution is 2.32. The molecule has 1 heterocycles. The van der Waals surface area contributed by atoms with Crippen LogP contribution < -0.4 is 9.47 Å². The zero-order valence-corrected chi connectivity index (χ0v) is 14.0. The number of benzene rings is 2. The van der Waals surface area contributed by atoms with Crippen molar-refractivity contribution in [2.24, 2.45) is 0 Å². The molecule has 25 heavy (non-hydrogen) atoms. The van der Waals surface area contributed by atoms with Gasteiger partial charge in [-0.3, -0.25) is 5.10 Å². The minimum Gasteiger partial charge on any atom is -0.493 e. The van der Waals surface area contributed by atoms with E-state index in [1.54, 1.807) is 32.5 Å². The van der Waals surface area contributed by atoms with Crippen molar-refractivity contribution in [2.75, 3.05) is 14.2 Å². The molecule has 0 aliphatic rings. The molecule has 0 spiro atoms. The van der Waals surface area contributed by atoms with Gasteiger partial charge in [0.25, 0.3) is 0 Å². The van der Waals surface area contributed by atoms with Crippen LogP contribution in [0.3, 0.4) is 0 Å². The predicted molar refractivity (Wildman–Crippen MR) is 97.1 cm³/mol. The summed E-state index contributed by atoms with van der Waals surface area (Å²) in [4.78, 5) is 0. The third kappa shape index (κ3) is 3.38. The summed E-state index contributed by atoms with van der Waals surface area (Å²) in [6.07, 6.45) is 3.52. The van der Waals surface area contributed by atoms with Crippen LogP contribution in [0.25, 0.3) is 22.9 Å². The normalized spacial score (nSPS) is 11.0. The van der Waals surface area contributed by atoms with E-state index in [4.69, 9.17) is 9.47 Å². The van der Waals surface area contributed by atoms with Gasteiger partial charge in [0.1, 0.15) is 0 Å². The first-order chi connectivity index (χ1) is 12.3. The average molecular weight is 331 g/mol. The Hall–Kier alpha value is -3.52. The number of allylic oxidation sites excluding steroid dienone is 1. The summed E-state index contributed by atoms with van der Waals surface area (Å²) in [5, 5.41) is 16.7. The van der Waals surface area contributed by atoms with Crippen molar-refractivity contribution >= 4 is 11.6 Å². The van der Waals surface area contributed by atoms with Crippen molar-refractivity contribution in [1.29, 1.82) is 5.26 Å². The smallest absolute Gasteiger partial charge is 0.161 e. The first-order valence-electron chi connectivity index (χ1n) is 7.69. The van der Waals surface area contributed by atoms with Gasteiger partial charge in [0.2, 0.25) is 0 Å². The summed E-state index contributed by atoms with van der Waals surface area (Å²) < 4.78 is 10.6. The SMILES string of the molecule is COc1ccc(/C(C#N)=C/c2cn[nH]c2-c2ccccc2)cc1OC. The van der Waals surface area contributed by atoms with Crippen molar-refractivity contribution in [3.05, 3.63) is 65.9 Å². The predicted octanol–water partition coefficient (Wildman–Crippen LogP) is 4.16. The molecule has 0 atom stereocenters. The number of hydrogen-bond donors (Lipinski definition) is 1. The first kappa shape index (κ1) is 16.3. The number of H-pyrrole nitrogens is 1. The van der Waals surface area contributed by atoms with Gasteiger partial charge in [-0.1, -0.05) is 30.3 Å². The van der Waals surface area contributed by atoms with Crippen LogP contribution in [0.4, 0.5) is 0 Å². The highest BCUT2D eigenvalue weighted by atomic mass is 16.5. The van der Waals surface area contributed by atoms with Crippen LogP contribution in [-0.2, 0) is 0 Å². The van der Waals surface area contributed by atoms with E-state index in [1.165, 1.54) is 0 Å². The van der Waals surface area contributed by atoms with E-state index in [2.05, 4.69) is 16.3 Å². The average Bonchev–Trinajstić information content (AvgIpc) is 3.14. The molecule has 0 fully saturated rings. The Morgan fingerprint density at radius 1 is 1.08 bits per heavy atom. The quantitative estimate of drug-likeness (QED) is 0.713. The van der Waals surface area contributed by atoms with E-state index < -0.39 is 0 Å². The van der Waals surface area contributed by atoms with E-state index in [0.717, 1.165) is 22.4 Å². The Balaban J connectivity index is 2.03. The van der Waals surface area contributed by atoms with Gasteiger partial charge >= 0.3 is 0 Å². The Morgan fingerprint density at radius 3 is 2.52 bits per heavy atom. The molecule has 0 bridgehead atoms. The molecule has 124 valence electrons. The highest BCUT2D eigenvalue weighted by Gasteiger charge is 2.11. The van der Waals surface area contributed by atoms with E-state index in [9.17, 15) is 5.26 Å². The minimum absolute atomic E-state index is 0.513. The summed E-state index contributed by atoms with van der Waals surface area (Å²) in [6, 6.07) is 17.5. The van der Waals surface area contributed by atoms with Gasteiger partial charge in [-0.2, -0.15) is 10.4 Å². The Labute approximate surface area is 146 Å². The van der Waals surface area contributed by atoms with Crippen molar-refractivity contribution in [3.8, 4) is 28.8 Å². The van der Waals surface area contributed by atoms with Crippen molar-refractivity contribution in [3.63, 3.8) is 0 Å². The molecule has 0 saturated carbocycles. The zero-order valence-electron chi connectivity index (χ0n) is 14.0. The van der Waals surface area contributed by atoms with Crippen molar-refractivity contribution in [2.45, 2.75) is 0 Å². The van der Waals surface area contributed by atoms with Crippen LogP contribution in [0.1, 0.15) is 11.1 Å². The van der Waals surface area contributed by atoms with Crippen LogP contribution in [0.5, 0.6) is 11.5 Å². The molecular weight excluding hydrogens is 314 g/mol. The van der Waals surface area contributed by atoms with Gasteiger partial charge in [0.15, 0.2) is 11.5 Å². The van der Waals surface area contributed by atoms with Crippen LogP contribution in [0.2, 0.25) is 0 Å². The topological polar surface area (TPSA) is 70.9 Å². The maximum absolute atomic E-state index is 9.61. The van der Waals surface area contributed by atoms with Gasteiger partial charge in [-0.25, -0.2) is 0 Å². The minimum atomic E-state index is 0.513. The highest BCUT2D eigenvalue weighted by molar-refractivity contribution is 5.92. The van der Waals surface area contributed by atoms with E-state index >= 15 is 0 Å². The van der Waals surface area contributed by atoms with Gasteiger partial charge in [0.05, 0.1) is 37.8 Å². The molecule has 1 N–H and O–H groups in total. The van der Waals surface area contributed by atoms with Gasteiger partial charge < -0.3 is 9.47 Å². The number of nitrogens with one attached hydrogen (secondary N) is 1. The number of rotatable bonds is 5. The number of ether oxygens (including phenoxy) is 2. The zero-order chi connectivity index (χ0) is 17.6. The lowest BCUT2D eigenvalue weighted by Gasteiger charge is -2.09. The second-order valence-corrected chi connectivity index (χ2v) is 5.31. The fourth-order valence-electron chi connectivity index (χ4n) is 2.58. The fourth-order valence-corrected chi connectivity index (χ4v) is 2.58. The Bertz CT molecular complexity index is 937. The van der Waals surface area contributed by atoms with Crippen LogP contribution in [0, 0.1) is 11.3 Å². The molecule has 0 amide bonds. The second kappa shape index (κ2) is 7.37. The van der Waals surface area contributed by atoms with E-state index in [-0.39, 0.29) is 0 Å². The largest absolute Gasteiger partial charge is 0.493 e. The summed E-state index contributed by atoms with van der Waals surface area (Å²) >= 11 is 0. The Kier molecular flexibility index (Phi) is 4.82. The summed E-state index contributed by atoms with van der Waals surface area (Å²) in [5.74, 6) is 1.20. The first-order valence-corrected chi connectivity index (χ1v) is 7.69. The maximum Gasteiger partial charge on any atom is 0.161 e. The summed E-state index contributed by atoms with van der Waals surface area (Å²) in [5.41, 5.74) is 3.99. The van der Waals surface area contributed by atoms with E-state index in [0.29, 0.717) is 17.1 Å². The summed E-state index contributed by atoms with van der Waals surface area (Å²) in [6.45, 7) is 0. The molecule has 5 nitrogen and oxygen atoms in total. The number of hydrogen-bond acceptors (Lipinski definition) is 4. The lowest BCUT2D eigenvalue weighted by atomic mass is 10.0. The molecule has 5 heteroatoms. The fraction of sp³-hybridized carbons (Fsp3) is 0.100. The number of aromatic amines is 1. The standard InChI is InChI=1S/C20H17N3O2/c1-24-18-9-8-15(11-19(18)25-2)16(12-21)10-17-13-22-23-20(17)14-6-4-3-5-7-14/h3-11,13H,1-2H3,(H,22,23)/b16-10+. The van der Waals surface area contributed by atoms with Gasteiger partial charge in [-0.05, 0) is 29.8 Å². The third-order valence-electron chi connectivity index (χ3n) is 3.85. The molecule has 0 aliphatic heterocycles. The molecule has 0 radical (unpaired) electrons.